The monoisotopic (exact) mass is 324 g/mol. The number of nitrogens with zero attached hydrogens (tertiary/aromatic N) is 1. The summed E-state index contributed by atoms with van der Waals surface area (Å²) in [5.41, 5.74) is 1.03. The van der Waals surface area contributed by atoms with Gasteiger partial charge in [-0.3, -0.25) is 9.59 Å². The Morgan fingerprint density at radius 1 is 1.36 bits per heavy atom. The average Bonchev–Trinajstić information content (AvgIpc) is 2.54. The van der Waals surface area contributed by atoms with Crippen molar-refractivity contribution in [2.24, 2.45) is 5.92 Å². The third kappa shape index (κ3) is 4.13. The number of nitrogens with one attached hydrogen (secondary N) is 1. The first-order valence-electron chi connectivity index (χ1n) is 7.39. The molecule has 1 aromatic rings. The maximum atomic E-state index is 12.2. The Labute approximate surface area is 135 Å². The topological polar surface area (TPSA) is 58.6 Å². The maximum absolute atomic E-state index is 12.2. The molecule has 1 fully saturated rings. The molecule has 1 saturated heterocycles. The number of carbonyl (C=O) groups excluding carboxylic acids is 2. The summed E-state index contributed by atoms with van der Waals surface area (Å²) >= 11 is 6.04. The number of aryl methyl sites for hydroxylation is 1. The van der Waals surface area contributed by atoms with Gasteiger partial charge in [0.05, 0.1) is 5.02 Å². The molecule has 22 heavy (non-hydrogen) atoms. The van der Waals surface area contributed by atoms with Crippen molar-refractivity contribution in [3.63, 3.8) is 0 Å². The van der Waals surface area contributed by atoms with Gasteiger partial charge in [-0.05, 0) is 37.5 Å². The van der Waals surface area contributed by atoms with E-state index in [0.29, 0.717) is 36.7 Å². The third-order valence-corrected chi connectivity index (χ3v) is 4.21. The molecule has 0 atom stereocenters. The molecule has 0 aliphatic carbocycles. The van der Waals surface area contributed by atoms with Gasteiger partial charge in [-0.1, -0.05) is 17.7 Å². The van der Waals surface area contributed by atoms with Crippen molar-refractivity contribution < 1.29 is 14.3 Å². The predicted octanol–water partition coefficient (Wildman–Crippen LogP) is 2.01. The van der Waals surface area contributed by atoms with Crippen LogP contribution in [0.4, 0.5) is 0 Å². The first kappa shape index (κ1) is 16.6. The quantitative estimate of drug-likeness (QED) is 0.921. The largest absolute Gasteiger partial charge is 0.482 e. The van der Waals surface area contributed by atoms with E-state index in [1.807, 2.05) is 19.1 Å². The molecular formula is C16H21ClN2O3. The van der Waals surface area contributed by atoms with Crippen LogP contribution in [-0.2, 0) is 9.59 Å². The second kappa shape index (κ2) is 7.49. The molecule has 0 spiro atoms. The smallest absolute Gasteiger partial charge is 0.260 e. The van der Waals surface area contributed by atoms with Crippen LogP contribution in [-0.4, -0.2) is 43.5 Å². The summed E-state index contributed by atoms with van der Waals surface area (Å²) in [5, 5.41) is 3.15. The molecule has 1 aromatic carbocycles. The molecule has 2 amide bonds. The summed E-state index contributed by atoms with van der Waals surface area (Å²) in [4.78, 5) is 25.5. The second-order valence-electron chi connectivity index (χ2n) is 5.49. The number of hydrogen-bond acceptors (Lipinski definition) is 3. The number of likely N-dealkylation sites (tertiary alicyclic amines) is 1. The van der Waals surface area contributed by atoms with Gasteiger partial charge in [0.1, 0.15) is 5.75 Å². The zero-order chi connectivity index (χ0) is 16.1. The van der Waals surface area contributed by atoms with Crippen molar-refractivity contribution >= 4 is 23.4 Å². The van der Waals surface area contributed by atoms with Crippen LogP contribution in [0.5, 0.6) is 5.75 Å². The SMILES string of the molecule is CNC(=O)C1CCN(C(=O)COc2cc(C)ccc2Cl)CC1. The molecule has 0 radical (unpaired) electrons. The van der Waals surface area contributed by atoms with Crippen LogP contribution in [0.2, 0.25) is 5.02 Å². The molecule has 120 valence electrons. The maximum Gasteiger partial charge on any atom is 0.260 e. The van der Waals surface area contributed by atoms with E-state index in [9.17, 15) is 9.59 Å². The Bertz CT molecular complexity index is 554. The van der Waals surface area contributed by atoms with Gasteiger partial charge in [0.2, 0.25) is 5.91 Å². The van der Waals surface area contributed by atoms with Crippen LogP contribution in [0, 0.1) is 12.8 Å². The Morgan fingerprint density at radius 2 is 2.05 bits per heavy atom. The van der Waals surface area contributed by atoms with Gasteiger partial charge in [-0.15, -0.1) is 0 Å². The Balaban J connectivity index is 1.83. The molecule has 1 N–H and O–H groups in total. The van der Waals surface area contributed by atoms with Gasteiger partial charge in [0.15, 0.2) is 6.61 Å². The lowest BCUT2D eigenvalue weighted by atomic mass is 9.96. The average molecular weight is 325 g/mol. The normalized spacial score (nSPS) is 15.5. The molecule has 1 aliphatic rings. The molecule has 2 rings (SSSR count). The number of piperidine rings is 1. The number of carbonyl (C=O) groups is 2. The Kier molecular flexibility index (Phi) is 5.66. The van der Waals surface area contributed by atoms with Crippen LogP contribution >= 0.6 is 11.6 Å². The number of rotatable bonds is 4. The van der Waals surface area contributed by atoms with E-state index >= 15 is 0 Å². The molecule has 6 heteroatoms. The highest BCUT2D eigenvalue weighted by Gasteiger charge is 2.26. The van der Waals surface area contributed by atoms with Crippen molar-refractivity contribution in [1.82, 2.24) is 10.2 Å². The predicted molar refractivity (Wildman–Crippen MR) is 85.1 cm³/mol. The number of hydrogen-bond donors (Lipinski definition) is 1. The van der Waals surface area contributed by atoms with Gasteiger partial charge < -0.3 is 15.0 Å². The van der Waals surface area contributed by atoms with Crippen molar-refractivity contribution in [1.29, 1.82) is 0 Å². The van der Waals surface area contributed by atoms with E-state index < -0.39 is 0 Å². The van der Waals surface area contributed by atoms with Crippen LogP contribution in [0.15, 0.2) is 18.2 Å². The summed E-state index contributed by atoms with van der Waals surface area (Å²) in [6.45, 7) is 3.08. The lowest BCUT2D eigenvalue weighted by Gasteiger charge is -2.31. The minimum atomic E-state index is -0.0760. The summed E-state index contributed by atoms with van der Waals surface area (Å²) in [7, 11) is 1.64. The van der Waals surface area contributed by atoms with E-state index in [4.69, 9.17) is 16.3 Å². The molecule has 0 aromatic heterocycles. The fourth-order valence-corrected chi connectivity index (χ4v) is 2.72. The second-order valence-corrected chi connectivity index (χ2v) is 5.90. The van der Waals surface area contributed by atoms with Crippen LogP contribution in [0.25, 0.3) is 0 Å². The van der Waals surface area contributed by atoms with Crippen molar-refractivity contribution in [2.45, 2.75) is 19.8 Å². The van der Waals surface area contributed by atoms with Crippen LogP contribution in [0.3, 0.4) is 0 Å². The summed E-state index contributed by atoms with van der Waals surface area (Å²) in [6, 6.07) is 5.46. The summed E-state index contributed by atoms with van der Waals surface area (Å²) in [5.74, 6) is 0.499. The zero-order valence-corrected chi connectivity index (χ0v) is 13.7. The molecular weight excluding hydrogens is 304 g/mol. The number of amides is 2. The standard InChI is InChI=1S/C16H21ClN2O3/c1-11-3-4-13(17)14(9-11)22-10-15(20)19-7-5-12(6-8-19)16(21)18-2/h3-4,9,12H,5-8,10H2,1-2H3,(H,18,21). The van der Waals surface area contributed by atoms with E-state index in [1.165, 1.54) is 0 Å². The fourth-order valence-electron chi connectivity index (χ4n) is 2.55. The lowest BCUT2D eigenvalue weighted by Crippen LogP contribution is -2.44. The number of ether oxygens (including phenoxy) is 1. The summed E-state index contributed by atoms with van der Waals surface area (Å²) in [6.07, 6.45) is 1.38. The Hall–Kier alpha value is -1.75. The number of halogens is 1. The number of benzene rings is 1. The first-order chi connectivity index (χ1) is 10.5. The van der Waals surface area contributed by atoms with E-state index in [2.05, 4.69) is 5.32 Å². The van der Waals surface area contributed by atoms with Gasteiger partial charge in [0, 0.05) is 26.1 Å². The first-order valence-corrected chi connectivity index (χ1v) is 7.77. The van der Waals surface area contributed by atoms with Crippen molar-refractivity contribution in [3.05, 3.63) is 28.8 Å². The fraction of sp³-hybridized carbons (Fsp3) is 0.500. The van der Waals surface area contributed by atoms with E-state index in [1.54, 1.807) is 18.0 Å². The molecule has 0 unspecified atom stereocenters. The molecule has 1 aliphatic heterocycles. The lowest BCUT2D eigenvalue weighted by molar-refractivity contribution is -0.137. The van der Waals surface area contributed by atoms with Gasteiger partial charge in [-0.2, -0.15) is 0 Å². The molecule has 0 bridgehead atoms. The van der Waals surface area contributed by atoms with Crippen LogP contribution < -0.4 is 10.1 Å². The minimum absolute atomic E-state index is 0.00110. The van der Waals surface area contributed by atoms with E-state index in [-0.39, 0.29) is 24.3 Å². The highest BCUT2D eigenvalue weighted by atomic mass is 35.5. The van der Waals surface area contributed by atoms with Gasteiger partial charge >= 0.3 is 0 Å². The third-order valence-electron chi connectivity index (χ3n) is 3.90. The minimum Gasteiger partial charge on any atom is -0.482 e. The van der Waals surface area contributed by atoms with Crippen LogP contribution in [0.1, 0.15) is 18.4 Å². The van der Waals surface area contributed by atoms with Crippen molar-refractivity contribution in [2.75, 3.05) is 26.7 Å². The van der Waals surface area contributed by atoms with Gasteiger partial charge in [0.25, 0.3) is 5.91 Å². The highest BCUT2D eigenvalue weighted by Crippen LogP contribution is 2.25. The van der Waals surface area contributed by atoms with Crippen molar-refractivity contribution in [3.8, 4) is 5.75 Å². The summed E-state index contributed by atoms with van der Waals surface area (Å²) < 4.78 is 5.53. The molecule has 1 heterocycles. The van der Waals surface area contributed by atoms with Gasteiger partial charge in [-0.25, -0.2) is 0 Å². The Morgan fingerprint density at radius 3 is 2.68 bits per heavy atom. The highest BCUT2D eigenvalue weighted by molar-refractivity contribution is 6.32. The zero-order valence-electron chi connectivity index (χ0n) is 12.9. The van der Waals surface area contributed by atoms with E-state index in [0.717, 1.165) is 5.56 Å². The molecule has 5 nitrogen and oxygen atoms in total. The molecule has 0 saturated carbocycles.